The molecule has 0 aliphatic carbocycles. The van der Waals surface area contributed by atoms with Gasteiger partial charge in [0.1, 0.15) is 0 Å². The number of furan rings is 1. The minimum absolute atomic E-state index is 0.146. The standard InChI is InChI=1S/C17H15ClN2O3S/c1-12-2-4-15(18)8-17(12)24(21,22)20-10-13-3-5-16(19-9-13)14-6-7-23-11-14/h2-9,11,20H,10H2,1H3. The molecule has 0 radical (unpaired) electrons. The third-order valence-electron chi connectivity index (χ3n) is 3.55. The van der Waals surface area contributed by atoms with E-state index in [1.165, 1.54) is 6.07 Å². The first-order valence-electron chi connectivity index (χ1n) is 7.19. The summed E-state index contributed by atoms with van der Waals surface area (Å²) in [6, 6.07) is 10.2. The predicted octanol–water partition coefficient (Wildman–Crippen LogP) is 3.78. The second-order valence-electron chi connectivity index (χ2n) is 5.30. The topological polar surface area (TPSA) is 72.2 Å². The van der Waals surface area contributed by atoms with Crippen LogP contribution in [0, 0.1) is 6.92 Å². The molecule has 5 nitrogen and oxygen atoms in total. The summed E-state index contributed by atoms with van der Waals surface area (Å²) < 4.78 is 32.4. The third-order valence-corrected chi connectivity index (χ3v) is 5.33. The largest absolute Gasteiger partial charge is 0.472 e. The van der Waals surface area contributed by atoms with Gasteiger partial charge in [-0.05, 0) is 42.3 Å². The van der Waals surface area contributed by atoms with E-state index in [-0.39, 0.29) is 11.4 Å². The van der Waals surface area contributed by atoms with Gasteiger partial charge in [-0.3, -0.25) is 4.98 Å². The molecular formula is C17H15ClN2O3S. The van der Waals surface area contributed by atoms with Crippen LogP contribution < -0.4 is 4.72 Å². The van der Waals surface area contributed by atoms with Gasteiger partial charge in [0.15, 0.2) is 0 Å². The van der Waals surface area contributed by atoms with Crippen molar-refractivity contribution < 1.29 is 12.8 Å². The molecule has 0 fully saturated rings. The summed E-state index contributed by atoms with van der Waals surface area (Å²) in [5.41, 5.74) is 3.03. The van der Waals surface area contributed by atoms with Crippen LogP contribution in [0.15, 0.2) is 64.4 Å². The molecule has 0 bridgehead atoms. The Balaban J connectivity index is 1.74. The SMILES string of the molecule is Cc1ccc(Cl)cc1S(=O)(=O)NCc1ccc(-c2ccoc2)nc1. The van der Waals surface area contributed by atoms with E-state index in [0.29, 0.717) is 10.6 Å². The lowest BCUT2D eigenvalue weighted by Gasteiger charge is -2.10. The summed E-state index contributed by atoms with van der Waals surface area (Å²) in [4.78, 5) is 4.49. The lowest BCUT2D eigenvalue weighted by atomic mass is 10.2. The van der Waals surface area contributed by atoms with E-state index in [4.69, 9.17) is 16.0 Å². The molecule has 2 heterocycles. The zero-order chi connectivity index (χ0) is 17.2. The average molecular weight is 363 g/mol. The highest BCUT2D eigenvalue weighted by Gasteiger charge is 2.17. The van der Waals surface area contributed by atoms with E-state index in [1.807, 2.05) is 18.2 Å². The third kappa shape index (κ3) is 3.67. The molecule has 0 saturated carbocycles. The molecule has 0 amide bonds. The zero-order valence-electron chi connectivity index (χ0n) is 12.9. The number of nitrogens with one attached hydrogen (secondary N) is 1. The van der Waals surface area contributed by atoms with Gasteiger partial charge in [0.2, 0.25) is 10.0 Å². The molecule has 0 aliphatic rings. The fourth-order valence-electron chi connectivity index (χ4n) is 2.23. The second-order valence-corrected chi connectivity index (χ2v) is 7.47. The van der Waals surface area contributed by atoms with Crippen LogP contribution in [-0.4, -0.2) is 13.4 Å². The van der Waals surface area contributed by atoms with Crippen LogP contribution in [0.2, 0.25) is 5.02 Å². The van der Waals surface area contributed by atoms with Gasteiger partial charge in [-0.1, -0.05) is 23.7 Å². The lowest BCUT2D eigenvalue weighted by molar-refractivity contribution is 0.568. The van der Waals surface area contributed by atoms with Gasteiger partial charge in [0.25, 0.3) is 0 Å². The van der Waals surface area contributed by atoms with Gasteiger partial charge in [-0.2, -0.15) is 0 Å². The maximum atomic E-state index is 12.4. The highest BCUT2D eigenvalue weighted by atomic mass is 35.5. The zero-order valence-corrected chi connectivity index (χ0v) is 14.4. The summed E-state index contributed by atoms with van der Waals surface area (Å²) >= 11 is 5.90. The van der Waals surface area contributed by atoms with Crippen molar-refractivity contribution in [1.29, 1.82) is 0 Å². The quantitative estimate of drug-likeness (QED) is 0.749. The highest BCUT2D eigenvalue weighted by Crippen LogP contribution is 2.21. The van der Waals surface area contributed by atoms with Crippen LogP contribution in [0.5, 0.6) is 0 Å². The van der Waals surface area contributed by atoms with Gasteiger partial charge in [0, 0.05) is 23.3 Å². The summed E-state index contributed by atoms with van der Waals surface area (Å²) in [5, 5.41) is 0.382. The molecule has 7 heteroatoms. The monoisotopic (exact) mass is 362 g/mol. The first-order chi connectivity index (χ1) is 11.5. The van der Waals surface area contributed by atoms with Gasteiger partial charge in [0.05, 0.1) is 23.1 Å². The fourth-order valence-corrected chi connectivity index (χ4v) is 3.75. The molecule has 1 aromatic carbocycles. The number of rotatable bonds is 5. The lowest BCUT2D eigenvalue weighted by Crippen LogP contribution is -2.24. The summed E-state index contributed by atoms with van der Waals surface area (Å²) in [6.07, 6.45) is 4.81. The molecule has 0 spiro atoms. The molecule has 2 aromatic heterocycles. The number of sulfonamides is 1. The number of hydrogen-bond acceptors (Lipinski definition) is 4. The molecule has 1 N–H and O–H groups in total. The Morgan fingerprint density at radius 3 is 2.71 bits per heavy atom. The number of aryl methyl sites for hydroxylation is 1. The van der Waals surface area contributed by atoms with Crippen LogP contribution in [0.25, 0.3) is 11.3 Å². The Morgan fingerprint density at radius 2 is 2.04 bits per heavy atom. The van der Waals surface area contributed by atoms with E-state index in [1.54, 1.807) is 37.8 Å². The van der Waals surface area contributed by atoms with Crippen molar-refractivity contribution in [3.63, 3.8) is 0 Å². The van der Waals surface area contributed by atoms with Gasteiger partial charge < -0.3 is 4.42 Å². The van der Waals surface area contributed by atoms with E-state index in [2.05, 4.69) is 9.71 Å². The Morgan fingerprint density at radius 1 is 1.21 bits per heavy atom. The number of halogens is 1. The van der Waals surface area contributed by atoms with Crippen LogP contribution in [0.3, 0.4) is 0 Å². The first kappa shape index (κ1) is 16.7. The number of benzene rings is 1. The molecule has 124 valence electrons. The number of nitrogens with zero attached hydrogens (tertiary/aromatic N) is 1. The van der Waals surface area contributed by atoms with E-state index in [9.17, 15) is 8.42 Å². The Hall–Kier alpha value is -2.15. The minimum atomic E-state index is -3.64. The van der Waals surface area contributed by atoms with E-state index >= 15 is 0 Å². The van der Waals surface area contributed by atoms with Crippen LogP contribution in [0.1, 0.15) is 11.1 Å². The highest BCUT2D eigenvalue weighted by molar-refractivity contribution is 7.89. The second kappa shape index (κ2) is 6.76. The average Bonchev–Trinajstić information content (AvgIpc) is 3.10. The summed E-state index contributed by atoms with van der Waals surface area (Å²) in [5.74, 6) is 0. The van der Waals surface area contributed by atoms with Crippen molar-refractivity contribution in [2.75, 3.05) is 0 Å². The maximum Gasteiger partial charge on any atom is 0.241 e. The van der Waals surface area contributed by atoms with Crippen LogP contribution in [0.4, 0.5) is 0 Å². The van der Waals surface area contributed by atoms with E-state index in [0.717, 1.165) is 16.8 Å². The van der Waals surface area contributed by atoms with Gasteiger partial charge >= 0.3 is 0 Å². The maximum absolute atomic E-state index is 12.4. The smallest absolute Gasteiger partial charge is 0.241 e. The van der Waals surface area contributed by atoms with Crippen molar-refractivity contribution in [3.8, 4) is 11.3 Å². The van der Waals surface area contributed by atoms with Crippen LogP contribution in [-0.2, 0) is 16.6 Å². The Kier molecular flexibility index (Phi) is 4.71. The predicted molar refractivity (Wildman–Crippen MR) is 92.2 cm³/mol. The summed E-state index contributed by atoms with van der Waals surface area (Å²) in [7, 11) is -3.64. The van der Waals surface area contributed by atoms with Gasteiger partial charge in [-0.25, -0.2) is 13.1 Å². The van der Waals surface area contributed by atoms with Crippen molar-refractivity contribution in [1.82, 2.24) is 9.71 Å². The van der Waals surface area contributed by atoms with Crippen LogP contribution >= 0.6 is 11.6 Å². The molecule has 0 saturated heterocycles. The van der Waals surface area contributed by atoms with Crippen molar-refractivity contribution in [2.45, 2.75) is 18.4 Å². The van der Waals surface area contributed by atoms with Gasteiger partial charge in [-0.15, -0.1) is 0 Å². The van der Waals surface area contributed by atoms with E-state index < -0.39 is 10.0 Å². The number of pyridine rings is 1. The summed E-state index contributed by atoms with van der Waals surface area (Å²) in [6.45, 7) is 1.87. The molecule has 0 atom stereocenters. The molecule has 24 heavy (non-hydrogen) atoms. The fraction of sp³-hybridized carbons (Fsp3) is 0.118. The minimum Gasteiger partial charge on any atom is -0.472 e. The molecule has 0 aliphatic heterocycles. The van der Waals surface area contributed by atoms with Crippen molar-refractivity contribution >= 4 is 21.6 Å². The number of hydrogen-bond donors (Lipinski definition) is 1. The van der Waals surface area contributed by atoms with Crippen molar-refractivity contribution in [3.05, 3.63) is 71.3 Å². The number of aromatic nitrogens is 1. The normalized spacial score (nSPS) is 11.6. The Labute approximate surface area is 145 Å². The Bertz CT molecular complexity index is 936. The molecule has 3 rings (SSSR count). The molecule has 3 aromatic rings. The first-order valence-corrected chi connectivity index (χ1v) is 9.05. The molecule has 0 unspecified atom stereocenters. The van der Waals surface area contributed by atoms with Crippen molar-refractivity contribution in [2.24, 2.45) is 0 Å². The molecular weight excluding hydrogens is 348 g/mol.